The smallest absolute Gasteiger partial charge is 0.309 e. The average Bonchev–Trinajstić information content (AvgIpc) is 2.84. The molecule has 206 valence electrons. The number of aliphatic carboxylic acids is 1. The zero-order valence-electron chi connectivity index (χ0n) is 23.5. The van der Waals surface area contributed by atoms with E-state index in [4.69, 9.17) is 0 Å². The van der Waals surface area contributed by atoms with E-state index in [9.17, 15) is 15.0 Å². The number of allylic oxidation sites excluding steroid dienone is 4. The van der Waals surface area contributed by atoms with Crippen LogP contribution in [0.5, 0.6) is 0 Å². The number of carbonyl (C=O) groups is 1. The van der Waals surface area contributed by atoms with Gasteiger partial charge in [0.1, 0.15) is 0 Å². The number of hydrogen-bond donors (Lipinski definition) is 2. The largest absolute Gasteiger partial charge is 0.481 e. The summed E-state index contributed by atoms with van der Waals surface area (Å²) >= 11 is 0. The first kappa shape index (κ1) is 33.9. The second-order valence-electron chi connectivity index (χ2n) is 10.5. The Bertz CT molecular complexity index is 497. The summed E-state index contributed by atoms with van der Waals surface area (Å²) < 4.78 is 0. The van der Waals surface area contributed by atoms with E-state index in [1.165, 1.54) is 96.3 Å². The Kier molecular flexibility index (Phi) is 26.6. The van der Waals surface area contributed by atoms with Gasteiger partial charge in [0.15, 0.2) is 0 Å². The summed E-state index contributed by atoms with van der Waals surface area (Å²) in [5.41, 5.74) is 0. The van der Waals surface area contributed by atoms with Crippen LogP contribution in [0, 0.1) is 5.92 Å². The molecular formula is C32H60O3. The van der Waals surface area contributed by atoms with Gasteiger partial charge in [-0.05, 0) is 64.2 Å². The first-order valence-corrected chi connectivity index (χ1v) is 15.3. The molecule has 0 amide bonds. The molecule has 0 rings (SSSR count). The predicted molar refractivity (Wildman–Crippen MR) is 153 cm³/mol. The molecular weight excluding hydrogens is 432 g/mol. The Hall–Kier alpha value is -1.09. The van der Waals surface area contributed by atoms with Crippen LogP contribution in [-0.4, -0.2) is 22.3 Å². The molecule has 0 heterocycles. The van der Waals surface area contributed by atoms with E-state index >= 15 is 0 Å². The first-order chi connectivity index (χ1) is 17.1. The van der Waals surface area contributed by atoms with E-state index in [2.05, 4.69) is 38.2 Å². The van der Waals surface area contributed by atoms with E-state index in [-0.39, 0.29) is 0 Å². The molecule has 0 aliphatic rings. The van der Waals surface area contributed by atoms with Gasteiger partial charge in [-0.1, -0.05) is 122 Å². The van der Waals surface area contributed by atoms with Gasteiger partial charge in [-0.2, -0.15) is 0 Å². The summed E-state index contributed by atoms with van der Waals surface area (Å²) in [6.45, 7) is 4.49. The molecule has 0 unspecified atom stereocenters. The van der Waals surface area contributed by atoms with Gasteiger partial charge in [-0.25, -0.2) is 0 Å². The number of carboxylic acids is 1. The number of carboxylic acid groups (broad SMARTS) is 1. The lowest BCUT2D eigenvalue weighted by molar-refractivity contribution is -0.146. The van der Waals surface area contributed by atoms with Crippen LogP contribution in [0.1, 0.15) is 162 Å². The van der Waals surface area contributed by atoms with Crippen LogP contribution in [0.25, 0.3) is 0 Å². The number of aliphatic hydroxyl groups is 1. The highest BCUT2D eigenvalue weighted by Gasteiger charge is 2.25. The van der Waals surface area contributed by atoms with Crippen LogP contribution in [0.15, 0.2) is 24.3 Å². The lowest BCUT2D eigenvalue weighted by Gasteiger charge is -2.19. The van der Waals surface area contributed by atoms with E-state index in [0.29, 0.717) is 12.8 Å². The Morgan fingerprint density at radius 3 is 1.29 bits per heavy atom. The third kappa shape index (κ3) is 24.4. The quantitative estimate of drug-likeness (QED) is 0.0885. The predicted octanol–water partition coefficient (Wildman–Crippen LogP) is 10.2. The molecule has 2 N–H and O–H groups in total. The van der Waals surface area contributed by atoms with Crippen LogP contribution < -0.4 is 0 Å². The minimum Gasteiger partial charge on any atom is -0.481 e. The van der Waals surface area contributed by atoms with Gasteiger partial charge in [0.25, 0.3) is 0 Å². The van der Waals surface area contributed by atoms with Crippen molar-refractivity contribution in [3.05, 3.63) is 24.3 Å². The zero-order chi connectivity index (χ0) is 25.8. The Morgan fingerprint density at radius 2 is 0.886 bits per heavy atom. The molecule has 3 nitrogen and oxygen atoms in total. The van der Waals surface area contributed by atoms with Crippen molar-refractivity contribution >= 4 is 5.97 Å². The molecule has 0 spiro atoms. The lowest BCUT2D eigenvalue weighted by atomic mass is 9.91. The maximum Gasteiger partial charge on any atom is 0.309 e. The van der Waals surface area contributed by atoms with Gasteiger partial charge in [0.05, 0.1) is 12.0 Å². The SMILES string of the molecule is CCCCCC/C=C\CCCCCCC[C@H](O)[C@@H](CCCCCC/C=C\CCCCCC)C(=O)O. The van der Waals surface area contributed by atoms with Crippen molar-refractivity contribution in [2.75, 3.05) is 0 Å². The van der Waals surface area contributed by atoms with Crippen molar-refractivity contribution in [1.82, 2.24) is 0 Å². The van der Waals surface area contributed by atoms with Crippen molar-refractivity contribution < 1.29 is 15.0 Å². The molecule has 0 bridgehead atoms. The second kappa shape index (κ2) is 27.5. The van der Waals surface area contributed by atoms with Gasteiger partial charge < -0.3 is 10.2 Å². The van der Waals surface area contributed by atoms with Gasteiger partial charge in [-0.3, -0.25) is 4.79 Å². The third-order valence-electron chi connectivity index (χ3n) is 7.07. The van der Waals surface area contributed by atoms with Gasteiger partial charge >= 0.3 is 5.97 Å². The van der Waals surface area contributed by atoms with E-state index < -0.39 is 18.0 Å². The molecule has 0 aromatic heterocycles. The van der Waals surface area contributed by atoms with E-state index in [1.807, 2.05) is 0 Å². The fourth-order valence-electron chi connectivity index (χ4n) is 4.66. The number of aliphatic hydroxyl groups excluding tert-OH is 1. The minimum atomic E-state index is -0.829. The lowest BCUT2D eigenvalue weighted by Crippen LogP contribution is -2.28. The molecule has 0 aliphatic heterocycles. The topological polar surface area (TPSA) is 57.5 Å². The normalized spacial score (nSPS) is 13.7. The number of rotatable bonds is 27. The number of unbranched alkanes of at least 4 members (excludes halogenated alkanes) is 17. The molecule has 35 heavy (non-hydrogen) atoms. The van der Waals surface area contributed by atoms with Crippen LogP contribution in [-0.2, 0) is 4.79 Å². The number of hydrogen-bond acceptors (Lipinski definition) is 2. The maximum absolute atomic E-state index is 11.6. The fraction of sp³-hybridized carbons (Fsp3) is 0.844. The highest BCUT2D eigenvalue weighted by Crippen LogP contribution is 2.20. The first-order valence-electron chi connectivity index (χ1n) is 15.3. The van der Waals surface area contributed by atoms with Crippen molar-refractivity contribution in [2.24, 2.45) is 5.92 Å². The van der Waals surface area contributed by atoms with Gasteiger partial charge in [-0.15, -0.1) is 0 Å². The standard InChI is InChI=1S/C32H60O3/c1-3-5-7-9-11-13-15-17-19-21-23-25-27-29-31(33)30(32(34)35)28-26-24-22-20-18-16-14-12-10-8-6-4-2/h13-16,30-31,33H,3-12,17-29H2,1-2H3,(H,34,35)/b15-13-,16-14-/t30-,31+/m1/s1. The molecule has 0 aromatic carbocycles. The van der Waals surface area contributed by atoms with Crippen molar-refractivity contribution in [3.8, 4) is 0 Å². The molecule has 0 saturated heterocycles. The molecule has 0 aromatic rings. The summed E-state index contributed by atoms with van der Waals surface area (Å²) in [4.78, 5) is 11.6. The van der Waals surface area contributed by atoms with Crippen molar-refractivity contribution in [2.45, 2.75) is 168 Å². The van der Waals surface area contributed by atoms with Crippen LogP contribution >= 0.6 is 0 Å². The Labute approximate surface area is 218 Å². The second-order valence-corrected chi connectivity index (χ2v) is 10.5. The van der Waals surface area contributed by atoms with Crippen molar-refractivity contribution in [3.63, 3.8) is 0 Å². The molecule has 0 fully saturated rings. The molecule has 0 saturated carbocycles. The van der Waals surface area contributed by atoms with Crippen LogP contribution in [0.4, 0.5) is 0 Å². The minimum absolute atomic E-state index is 0.597. The third-order valence-corrected chi connectivity index (χ3v) is 7.07. The highest BCUT2D eigenvalue weighted by molar-refractivity contribution is 5.70. The summed E-state index contributed by atoms with van der Waals surface area (Å²) in [6, 6.07) is 0. The Balaban J connectivity index is 3.67. The fourth-order valence-corrected chi connectivity index (χ4v) is 4.66. The average molecular weight is 493 g/mol. The van der Waals surface area contributed by atoms with E-state index in [0.717, 1.165) is 38.5 Å². The highest BCUT2D eigenvalue weighted by atomic mass is 16.4. The summed E-state index contributed by atoms with van der Waals surface area (Å²) in [7, 11) is 0. The zero-order valence-corrected chi connectivity index (χ0v) is 23.5. The van der Waals surface area contributed by atoms with Crippen LogP contribution in [0.2, 0.25) is 0 Å². The molecule has 0 radical (unpaired) electrons. The molecule has 2 atom stereocenters. The van der Waals surface area contributed by atoms with E-state index in [1.54, 1.807) is 0 Å². The summed E-state index contributed by atoms with van der Waals surface area (Å²) in [6.07, 6.45) is 35.1. The molecule has 0 aliphatic carbocycles. The summed E-state index contributed by atoms with van der Waals surface area (Å²) in [5.74, 6) is -1.43. The Morgan fingerprint density at radius 1 is 0.543 bits per heavy atom. The van der Waals surface area contributed by atoms with Gasteiger partial charge in [0.2, 0.25) is 0 Å². The monoisotopic (exact) mass is 492 g/mol. The maximum atomic E-state index is 11.6. The van der Waals surface area contributed by atoms with Gasteiger partial charge in [0, 0.05) is 0 Å². The van der Waals surface area contributed by atoms with Crippen LogP contribution in [0.3, 0.4) is 0 Å². The van der Waals surface area contributed by atoms with Crippen molar-refractivity contribution in [1.29, 1.82) is 0 Å². The molecule has 3 heteroatoms. The summed E-state index contributed by atoms with van der Waals surface area (Å²) in [5, 5.41) is 20.0.